The van der Waals surface area contributed by atoms with Crippen LogP contribution in [0.1, 0.15) is 29.3 Å². The van der Waals surface area contributed by atoms with Crippen molar-refractivity contribution < 1.29 is 19.1 Å². The van der Waals surface area contributed by atoms with Gasteiger partial charge in [0.05, 0.1) is 0 Å². The summed E-state index contributed by atoms with van der Waals surface area (Å²) in [4.78, 5) is 36.4. The summed E-state index contributed by atoms with van der Waals surface area (Å²) in [6.07, 6.45) is 0.102. The lowest BCUT2D eigenvalue weighted by molar-refractivity contribution is 0.0355. The average molecular weight is 367 g/mol. The van der Waals surface area contributed by atoms with Gasteiger partial charge in [0.25, 0.3) is 0 Å². The molecule has 0 spiro atoms. The summed E-state index contributed by atoms with van der Waals surface area (Å²) in [6.45, 7) is 2.44. The molecule has 140 valence electrons. The quantitative estimate of drug-likeness (QED) is 0.836. The summed E-state index contributed by atoms with van der Waals surface area (Å²) < 4.78 is 5.31. The van der Waals surface area contributed by atoms with Crippen LogP contribution in [0.4, 0.5) is 15.3 Å². The summed E-state index contributed by atoms with van der Waals surface area (Å²) in [5.41, 5.74) is 1.88. The molecule has 7 heteroatoms. The first-order valence-electron chi connectivity index (χ1n) is 8.72. The molecule has 0 bridgehead atoms. The molecule has 0 unspecified atom stereocenters. The van der Waals surface area contributed by atoms with Gasteiger partial charge in [-0.05, 0) is 31.0 Å². The lowest BCUT2D eigenvalue weighted by Gasteiger charge is -2.27. The second kappa shape index (κ2) is 8.35. The smallest absolute Gasteiger partial charge is 0.429 e. The van der Waals surface area contributed by atoms with Crippen LogP contribution >= 0.6 is 0 Å². The molecular weight excluding hydrogens is 346 g/mol. The summed E-state index contributed by atoms with van der Waals surface area (Å²) in [7, 11) is 0. The fraction of sp³-hybridized carbons (Fsp3) is 0.250. The normalized spacial score (nSPS) is 13.4. The number of carbonyl (C=O) groups is 3. The van der Waals surface area contributed by atoms with Gasteiger partial charge in [0.1, 0.15) is 6.61 Å². The van der Waals surface area contributed by atoms with E-state index < -0.39 is 12.1 Å². The van der Waals surface area contributed by atoms with Crippen LogP contribution in [0.3, 0.4) is 0 Å². The maximum atomic E-state index is 12.6. The third kappa shape index (κ3) is 4.63. The van der Waals surface area contributed by atoms with Crippen LogP contribution in [0.25, 0.3) is 0 Å². The maximum Gasteiger partial charge on any atom is 0.429 e. The summed E-state index contributed by atoms with van der Waals surface area (Å²) in [5.74, 6) is -0.0848. The summed E-state index contributed by atoms with van der Waals surface area (Å²) >= 11 is 0. The lowest BCUT2D eigenvalue weighted by Crippen LogP contribution is -2.46. The Labute approximate surface area is 157 Å². The van der Waals surface area contributed by atoms with Crippen molar-refractivity contribution in [1.82, 2.24) is 10.0 Å². The van der Waals surface area contributed by atoms with E-state index in [9.17, 15) is 14.4 Å². The molecule has 1 saturated heterocycles. The van der Waals surface area contributed by atoms with E-state index in [0.717, 1.165) is 5.56 Å². The molecule has 1 heterocycles. The Morgan fingerprint density at radius 1 is 1.00 bits per heavy atom. The molecule has 7 nitrogen and oxygen atoms in total. The van der Waals surface area contributed by atoms with Gasteiger partial charge in [0.2, 0.25) is 0 Å². The molecular formula is C20H21N3O4. The van der Waals surface area contributed by atoms with Crippen molar-refractivity contribution in [3.63, 3.8) is 0 Å². The predicted molar refractivity (Wildman–Crippen MR) is 100 cm³/mol. The average Bonchev–Trinajstić information content (AvgIpc) is 3.17. The van der Waals surface area contributed by atoms with Crippen molar-refractivity contribution in [3.8, 4) is 0 Å². The molecule has 1 aliphatic rings. The molecule has 1 N–H and O–H groups in total. The number of nitrogens with one attached hydrogen (secondary N) is 1. The van der Waals surface area contributed by atoms with E-state index in [-0.39, 0.29) is 12.4 Å². The van der Waals surface area contributed by atoms with Crippen LogP contribution in [0.15, 0.2) is 54.6 Å². The number of amides is 3. The minimum Gasteiger partial charge on any atom is -0.443 e. The third-order valence-electron chi connectivity index (χ3n) is 4.20. The van der Waals surface area contributed by atoms with Gasteiger partial charge in [-0.1, -0.05) is 42.5 Å². The summed E-state index contributed by atoms with van der Waals surface area (Å²) in [5, 5.41) is 5.35. The van der Waals surface area contributed by atoms with Crippen LogP contribution in [0.5, 0.6) is 0 Å². The Balaban J connectivity index is 1.61. The highest BCUT2D eigenvalue weighted by Gasteiger charge is 2.32. The maximum absolute atomic E-state index is 12.6. The van der Waals surface area contributed by atoms with Gasteiger partial charge in [-0.25, -0.2) is 19.6 Å². The van der Waals surface area contributed by atoms with E-state index in [4.69, 9.17) is 4.74 Å². The highest BCUT2D eigenvalue weighted by molar-refractivity contribution is 5.97. The standard InChI is InChI=1S/C20H21N3O4/c1-15(24)17-9-5-10-18(13-17)21-19(25)22-11-6-12-23(22)20(26)27-14-16-7-3-2-4-8-16/h2-5,7-10,13H,6,11-12,14H2,1H3,(H,21,25). The van der Waals surface area contributed by atoms with Crippen molar-refractivity contribution in [2.45, 2.75) is 20.0 Å². The van der Waals surface area contributed by atoms with Gasteiger partial charge in [-0.3, -0.25) is 4.79 Å². The largest absolute Gasteiger partial charge is 0.443 e. The van der Waals surface area contributed by atoms with Gasteiger partial charge < -0.3 is 10.1 Å². The molecule has 3 amide bonds. The predicted octanol–water partition coefficient (Wildman–Crippen LogP) is 3.68. The fourth-order valence-corrected chi connectivity index (χ4v) is 2.81. The first kappa shape index (κ1) is 18.4. The number of rotatable bonds is 4. The Morgan fingerprint density at radius 3 is 2.48 bits per heavy atom. The SMILES string of the molecule is CC(=O)c1cccc(NC(=O)N2CCCN2C(=O)OCc2ccccc2)c1. The van der Waals surface area contributed by atoms with Crippen molar-refractivity contribution in [1.29, 1.82) is 0 Å². The molecule has 0 aliphatic carbocycles. The minimum atomic E-state index is -0.566. The molecule has 1 aliphatic heterocycles. The number of hydrogen-bond acceptors (Lipinski definition) is 4. The van der Waals surface area contributed by atoms with Crippen LogP contribution in [-0.2, 0) is 11.3 Å². The number of hydrogen-bond donors (Lipinski definition) is 1. The van der Waals surface area contributed by atoms with Crippen molar-refractivity contribution in [2.75, 3.05) is 18.4 Å². The molecule has 0 aromatic heterocycles. The topological polar surface area (TPSA) is 79.0 Å². The molecule has 0 radical (unpaired) electrons. The number of ether oxygens (including phenoxy) is 1. The Hall–Kier alpha value is -3.35. The first-order valence-corrected chi connectivity index (χ1v) is 8.72. The van der Waals surface area contributed by atoms with E-state index >= 15 is 0 Å². The van der Waals surface area contributed by atoms with Gasteiger partial charge in [-0.15, -0.1) is 0 Å². The van der Waals surface area contributed by atoms with E-state index in [1.807, 2.05) is 30.3 Å². The number of ketones is 1. The molecule has 0 saturated carbocycles. The Bertz CT molecular complexity index is 838. The molecule has 27 heavy (non-hydrogen) atoms. The Morgan fingerprint density at radius 2 is 1.74 bits per heavy atom. The number of hydrazine groups is 1. The second-order valence-electron chi connectivity index (χ2n) is 6.21. The highest BCUT2D eigenvalue weighted by atomic mass is 16.6. The highest BCUT2D eigenvalue weighted by Crippen LogP contribution is 2.17. The van der Waals surface area contributed by atoms with Crippen LogP contribution in [-0.4, -0.2) is 41.0 Å². The zero-order valence-electron chi connectivity index (χ0n) is 15.1. The van der Waals surface area contributed by atoms with Crippen LogP contribution in [0.2, 0.25) is 0 Å². The van der Waals surface area contributed by atoms with E-state index in [1.54, 1.807) is 24.3 Å². The van der Waals surface area contributed by atoms with Gasteiger partial charge in [-0.2, -0.15) is 0 Å². The molecule has 2 aromatic rings. The van der Waals surface area contributed by atoms with Crippen LogP contribution in [0, 0.1) is 0 Å². The van der Waals surface area contributed by atoms with E-state index in [2.05, 4.69) is 5.32 Å². The zero-order chi connectivity index (χ0) is 19.2. The number of nitrogens with zero attached hydrogens (tertiary/aromatic N) is 2. The fourth-order valence-electron chi connectivity index (χ4n) is 2.81. The van der Waals surface area contributed by atoms with E-state index in [0.29, 0.717) is 30.8 Å². The lowest BCUT2D eigenvalue weighted by atomic mass is 10.1. The second-order valence-corrected chi connectivity index (χ2v) is 6.21. The molecule has 2 aromatic carbocycles. The monoisotopic (exact) mass is 367 g/mol. The zero-order valence-corrected chi connectivity index (χ0v) is 15.1. The van der Waals surface area contributed by atoms with Crippen LogP contribution < -0.4 is 5.32 Å². The number of urea groups is 1. The number of benzene rings is 2. The van der Waals surface area contributed by atoms with Crippen molar-refractivity contribution in [3.05, 3.63) is 65.7 Å². The first-order chi connectivity index (χ1) is 13.0. The van der Waals surface area contributed by atoms with Crippen molar-refractivity contribution >= 4 is 23.6 Å². The molecule has 3 rings (SSSR count). The number of Topliss-reactive ketones (excluding diaryl/α,β-unsaturated/α-hetero) is 1. The minimum absolute atomic E-state index is 0.0848. The van der Waals surface area contributed by atoms with Crippen molar-refractivity contribution in [2.24, 2.45) is 0 Å². The molecule has 1 fully saturated rings. The number of carbonyl (C=O) groups excluding carboxylic acids is 3. The van der Waals surface area contributed by atoms with Gasteiger partial charge in [0.15, 0.2) is 5.78 Å². The van der Waals surface area contributed by atoms with Gasteiger partial charge >= 0.3 is 12.1 Å². The number of anilines is 1. The Kier molecular flexibility index (Phi) is 5.71. The van der Waals surface area contributed by atoms with Gasteiger partial charge in [0, 0.05) is 24.3 Å². The molecule has 0 atom stereocenters. The summed E-state index contributed by atoms with van der Waals surface area (Å²) in [6, 6.07) is 15.6. The van der Waals surface area contributed by atoms with E-state index in [1.165, 1.54) is 16.9 Å². The third-order valence-corrected chi connectivity index (χ3v) is 4.20.